The Morgan fingerprint density at radius 3 is 2.27 bits per heavy atom. The lowest BCUT2D eigenvalue weighted by Gasteiger charge is -2.34. The number of hydrogen-bond donors (Lipinski definition) is 4. The fourth-order valence-corrected chi connectivity index (χ4v) is 5.89. The normalized spacial score (nSPS) is 21.2. The van der Waals surface area contributed by atoms with Crippen molar-refractivity contribution in [3.8, 4) is 11.5 Å². The van der Waals surface area contributed by atoms with Crippen LogP contribution in [-0.4, -0.2) is 57.3 Å². The standard InChI is InChI=1S/C26H40N2O5/c1-15(2)19-12-20(22(30)13-21(19)29)25(31)28-11-7-10-18(28)14-27-24(26(32)33)23(16(3)4)17-8-5-6-9-17/h12-13,15-18,23-24,27,29-30H,5-11,14H2,1-4H3,(H,32,33)/t18-,23?,24+/m1/s1. The summed E-state index contributed by atoms with van der Waals surface area (Å²) in [4.78, 5) is 27.3. The lowest BCUT2D eigenvalue weighted by molar-refractivity contribution is -0.142. The highest BCUT2D eigenvalue weighted by atomic mass is 16.4. The number of likely N-dealkylation sites (tertiary alicyclic amines) is 1. The molecule has 1 aliphatic heterocycles. The van der Waals surface area contributed by atoms with Gasteiger partial charge in [-0.15, -0.1) is 0 Å². The molecular weight excluding hydrogens is 420 g/mol. The molecule has 1 aromatic carbocycles. The number of aliphatic carboxylic acids is 1. The highest BCUT2D eigenvalue weighted by Crippen LogP contribution is 2.38. The first-order valence-corrected chi connectivity index (χ1v) is 12.4. The average molecular weight is 461 g/mol. The Bertz CT molecular complexity index is 847. The Balaban J connectivity index is 1.75. The van der Waals surface area contributed by atoms with Crippen LogP contribution in [0.5, 0.6) is 11.5 Å². The summed E-state index contributed by atoms with van der Waals surface area (Å²) < 4.78 is 0. The molecule has 2 fully saturated rings. The zero-order chi connectivity index (χ0) is 24.3. The van der Waals surface area contributed by atoms with E-state index in [1.807, 2.05) is 13.8 Å². The van der Waals surface area contributed by atoms with Gasteiger partial charge in [0.15, 0.2) is 0 Å². The predicted octanol–water partition coefficient (Wildman–Crippen LogP) is 4.33. The maximum Gasteiger partial charge on any atom is 0.321 e. The Labute approximate surface area is 197 Å². The summed E-state index contributed by atoms with van der Waals surface area (Å²) >= 11 is 0. The summed E-state index contributed by atoms with van der Waals surface area (Å²) in [6, 6.07) is 2.04. The van der Waals surface area contributed by atoms with E-state index in [9.17, 15) is 24.9 Å². The third-order valence-corrected chi connectivity index (χ3v) is 7.57. The molecule has 1 aromatic rings. The summed E-state index contributed by atoms with van der Waals surface area (Å²) in [6.07, 6.45) is 6.12. The maximum atomic E-state index is 13.3. The summed E-state index contributed by atoms with van der Waals surface area (Å²) in [5, 5.41) is 33.8. The van der Waals surface area contributed by atoms with E-state index in [0.29, 0.717) is 24.6 Å². The maximum absolute atomic E-state index is 13.3. The molecule has 0 bridgehead atoms. The molecule has 1 heterocycles. The van der Waals surface area contributed by atoms with Gasteiger partial charge in [0.25, 0.3) is 5.91 Å². The molecule has 1 saturated heterocycles. The lowest BCUT2D eigenvalue weighted by Crippen LogP contribution is -2.51. The van der Waals surface area contributed by atoms with E-state index in [0.717, 1.165) is 25.7 Å². The van der Waals surface area contributed by atoms with Crippen LogP contribution >= 0.6 is 0 Å². The number of hydrogen-bond acceptors (Lipinski definition) is 5. The fraction of sp³-hybridized carbons (Fsp3) is 0.692. The number of phenols is 2. The van der Waals surface area contributed by atoms with Gasteiger partial charge in [-0.2, -0.15) is 0 Å². The second-order valence-corrected chi connectivity index (χ2v) is 10.5. The molecule has 184 valence electrons. The number of carboxylic acid groups (broad SMARTS) is 1. The van der Waals surface area contributed by atoms with E-state index < -0.39 is 12.0 Å². The topological polar surface area (TPSA) is 110 Å². The molecule has 1 unspecified atom stereocenters. The lowest BCUT2D eigenvalue weighted by atomic mass is 9.77. The SMILES string of the molecule is CC(C)c1cc(C(=O)N2CCC[C@@H]2CN[C@H](C(=O)O)C(C(C)C)C2CCCC2)c(O)cc1O. The van der Waals surface area contributed by atoms with Crippen molar-refractivity contribution >= 4 is 11.9 Å². The van der Waals surface area contributed by atoms with Crippen LogP contribution < -0.4 is 5.32 Å². The number of aromatic hydroxyl groups is 2. The Morgan fingerprint density at radius 1 is 1.03 bits per heavy atom. The van der Waals surface area contributed by atoms with Crippen molar-refractivity contribution in [2.75, 3.05) is 13.1 Å². The molecule has 1 aliphatic carbocycles. The second kappa shape index (κ2) is 10.8. The van der Waals surface area contributed by atoms with E-state index >= 15 is 0 Å². The van der Waals surface area contributed by atoms with Gasteiger partial charge in [-0.05, 0) is 48.1 Å². The molecule has 1 saturated carbocycles. The van der Waals surface area contributed by atoms with Crippen LogP contribution in [0, 0.1) is 17.8 Å². The summed E-state index contributed by atoms with van der Waals surface area (Å²) in [6.45, 7) is 9.03. The predicted molar refractivity (Wildman–Crippen MR) is 128 cm³/mol. The molecule has 7 nitrogen and oxygen atoms in total. The molecule has 0 radical (unpaired) electrons. The number of carbonyl (C=O) groups excluding carboxylic acids is 1. The first kappa shape index (κ1) is 25.3. The van der Waals surface area contributed by atoms with Crippen molar-refractivity contribution in [2.24, 2.45) is 17.8 Å². The van der Waals surface area contributed by atoms with Gasteiger partial charge < -0.3 is 25.5 Å². The molecule has 3 atom stereocenters. The van der Waals surface area contributed by atoms with Crippen molar-refractivity contribution in [1.29, 1.82) is 0 Å². The first-order chi connectivity index (χ1) is 15.6. The minimum absolute atomic E-state index is 0.00747. The number of phenolic OH excluding ortho intramolecular Hbond substituents is 2. The van der Waals surface area contributed by atoms with Gasteiger partial charge >= 0.3 is 5.97 Å². The number of carbonyl (C=O) groups is 2. The number of benzene rings is 1. The van der Waals surface area contributed by atoms with Crippen LogP contribution in [0.1, 0.15) is 88.1 Å². The molecule has 0 aromatic heterocycles. The quantitative estimate of drug-likeness (QED) is 0.437. The largest absolute Gasteiger partial charge is 0.508 e. The number of carboxylic acids is 1. The number of nitrogens with zero attached hydrogens (tertiary/aromatic N) is 1. The monoisotopic (exact) mass is 460 g/mol. The van der Waals surface area contributed by atoms with Crippen molar-refractivity contribution in [3.05, 3.63) is 23.3 Å². The highest BCUT2D eigenvalue weighted by molar-refractivity contribution is 5.97. The molecule has 2 aliphatic rings. The van der Waals surface area contributed by atoms with Crippen molar-refractivity contribution < 1.29 is 24.9 Å². The minimum atomic E-state index is -0.825. The van der Waals surface area contributed by atoms with Gasteiger partial charge in [-0.25, -0.2) is 0 Å². The van der Waals surface area contributed by atoms with E-state index in [1.165, 1.54) is 18.9 Å². The second-order valence-electron chi connectivity index (χ2n) is 10.5. The van der Waals surface area contributed by atoms with Crippen LogP contribution in [-0.2, 0) is 4.79 Å². The van der Waals surface area contributed by atoms with Gasteiger partial charge in [0.2, 0.25) is 0 Å². The molecule has 3 rings (SSSR count). The smallest absolute Gasteiger partial charge is 0.321 e. The van der Waals surface area contributed by atoms with Crippen molar-refractivity contribution in [3.63, 3.8) is 0 Å². The summed E-state index contributed by atoms with van der Waals surface area (Å²) in [5.74, 6) is -0.608. The molecule has 7 heteroatoms. The Morgan fingerprint density at radius 2 is 1.70 bits per heavy atom. The zero-order valence-corrected chi connectivity index (χ0v) is 20.4. The number of amides is 1. The van der Waals surface area contributed by atoms with Crippen molar-refractivity contribution in [2.45, 2.75) is 84.2 Å². The van der Waals surface area contributed by atoms with E-state index in [-0.39, 0.29) is 46.8 Å². The molecule has 4 N–H and O–H groups in total. The zero-order valence-electron chi connectivity index (χ0n) is 20.4. The number of rotatable bonds is 9. The number of nitrogens with one attached hydrogen (secondary N) is 1. The first-order valence-electron chi connectivity index (χ1n) is 12.4. The Hall–Kier alpha value is -2.28. The van der Waals surface area contributed by atoms with E-state index in [4.69, 9.17) is 0 Å². The summed E-state index contributed by atoms with van der Waals surface area (Å²) in [5.41, 5.74) is 0.802. The molecular formula is C26H40N2O5. The van der Waals surface area contributed by atoms with Crippen LogP contribution in [0.2, 0.25) is 0 Å². The van der Waals surface area contributed by atoms with Gasteiger partial charge in [-0.1, -0.05) is 53.4 Å². The third-order valence-electron chi connectivity index (χ3n) is 7.57. The van der Waals surface area contributed by atoms with Gasteiger partial charge in [0.1, 0.15) is 17.5 Å². The summed E-state index contributed by atoms with van der Waals surface area (Å²) in [7, 11) is 0. The average Bonchev–Trinajstić information content (AvgIpc) is 3.41. The Kier molecular flexibility index (Phi) is 8.27. The van der Waals surface area contributed by atoms with Crippen LogP contribution in [0.15, 0.2) is 12.1 Å². The molecule has 33 heavy (non-hydrogen) atoms. The third kappa shape index (κ3) is 5.62. The van der Waals surface area contributed by atoms with Gasteiger partial charge in [0.05, 0.1) is 5.56 Å². The highest BCUT2D eigenvalue weighted by Gasteiger charge is 2.39. The molecule has 0 spiro atoms. The van der Waals surface area contributed by atoms with E-state index in [2.05, 4.69) is 19.2 Å². The fourth-order valence-electron chi connectivity index (χ4n) is 5.89. The van der Waals surface area contributed by atoms with Crippen LogP contribution in [0.25, 0.3) is 0 Å². The van der Waals surface area contributed by atoms with Crippen molar-refractivity contribution in [1.82, 2.24) is 10.2 Å². The van der Waals surface area contributed by atoms with Gasteiger partial charge in [-0.3, -0.25) is 9.59 Å². The van der Waals surface area contributed by atoms with Crippen LogP contribution in [0.4, 0.5) is 0 Å². The minimum Gasteiger partial charge on any atom is -0.508 e. The molecule has 1 amide bonds. The van der Waals surface area contributed by atoms with E-state index in [1.54, 1.807) is 11.0 Å². The van der Waals surface area contributed by atoms with Crippen LogP contribution in [0.3, 0.4) is 0 Å². The van der Waals surface area contributed by atoms with Gasteiger partial charge in [0, 0.05) is 25.2 Å².